The van der Waals surface area contributed by atoms with Crippen LogP contribution in [0.15, 0.2) is 17.5 Å². The maximum atomic E-state index is 3.60. The fourth-order valence-corrected chi connectivity index (χ4v) is 3.11. The van der Waals surface area contributed by atoms with Crippen molar-refractivity contribution in [3.8, 4) is 0 Å². The zero-order valence-electron chi connectivity index (χ0n) is 11.9. The van der Waals surface area contributed by atoms with Crippen LogP contribution >= 0.6 is 11.3 Å². The molecule has 102 valence electrons. The van der Waals surface area contributed by atoms with Gasteiger partial charge in [0.1, 0.15) is 0 Å². The van der Waals surface area contributed by atoms with Crippen molar-refractivity contribution in [1.82, 2.24) is 10.2 Å². The molecule has 0 amide bonds. The van der Waals surface area contributed by atoms with E-state index >= 15 is 0 Å². The molecule has 1 fully saturated rings. The van der Waals surface area contributed by atoms with E-state index in [1.165, 1.54) is 37.1 Å². The molecule has 1 aliphatic rings. The Balaban J connectivity index is 1.68. The molecule has 0 saturated heterocycles. The van der Waals surface area contributed by atoms with E-state index in [4.69, 9.17) is 0 Å². The van der Waals surface area contributed by atoms with Crippen molar-refractivity contribution in [2.75, 3.05) is 13.6 Å². The molecule has 0 aliphatic heterocycles. The Hall–Kier alpha value is -0.380. The number of nitrogens with zero attached hydrogens (tertiary/aromatic N) is 1. The van der Waals surface area contributed by atoms with Gasteiger partial charge in [-0.05, 0) is 64.6 Å². The predicted molar refractivity (Wildman–Crippen MR) is 80.4 cm³/mol. The van der Waals surface area contributed by atoms with Gasteiger partial charge in [-0.15, -0.1) is 11.3 Å². The number of likely N-dealkylation sites (N-methyl/N-ethyl adjacent to an activating group) is 1. The van der Waals surface area contributed by atoms with E-state index in [1.807, 2.05) is 11.3 Å². The monoisotopic (exact) mass is 266 g/mol. The van der Waals surface area contributed by atoms with Gasteiger partial charge in [0.05, 0.1) is 0 Å². The van der Waals surface area contributed by atoms with Crippen LogP contribution in [-0.4, -0.2) is 36.6 Å². The van der Waals surface area contributed by atoms with E-state index < -0.39 is 0 Å². The molecule has 1 aliphatic carbocycles. The van der Waals surface area contributed by atoms with Crippen molar-refractivity contribution in [3.63, 3.8) is 0 Å². The van der Waals surface area contributed by atoms with Gasteiger partial charge in [0.15, 0.2) is 0 Å². The smallest absolute Gasteiger partial charge is 0.0115 e. The first-order valence-electron chi connectivity index (χ1n) is 7.14. The largest absolute Gasteiger partial charge is 0.314 e. The van der Waals surface area contributed by atoms with Gasteiger partial charge < -0.3 is 10.2 Å². The molecule has 0 spiro atoms. The SMILES string of the molecule is CC(CCNC1CC1)N(C)C(C)Cc1cccs1. The second-order valence-corrected chi connectivity index (χ2v) is 6.70. The van der Waals surface area contributed by atoms with E-state index in [0.717, 1.165) is 6.04 Å². The van der Waals surface area contributed by atoms with Crippen molar-refractivity contribution in [2.24, 2.45) is 0 Å². The van der Waals surface area contributed by atoms with Crippen LogP contribution in [0.25, 0.3) is 0 Å². The number of nitrogens with one attached hydrogen (secondary N) is 1. The Morgan fingerprint density at radius 2 is 2.17 bits per heavy atom. The summed E-state index contributed by atoms with van der Waals surface area (Å²) in [6.07, 6.45) is 5.20. The second-order valence-electron chi connectivity index (χ2n) is 5.66. The highest BCUT2D eigenvalue weighted by molar-refractivity contribution is 7.09. The Bertz CT molecular complexity index is 332. The van der Waals surface area contributed by atoms with Gasteiger partial charge in [-0.2, -0.15) is 0 Å². The molecule has 2 rings (SSSR count). The predicted octanol–water partition coefficient (Wildman–Crippen LogP) is 3.14. The van der Waals surface area contributed by atoms with E-state index in [0.29, 0.717) is 12.1 Å². The van der Waals surface area contributed by atoms with Gasteiger partial charge in [0.25, 0.3) is 0 Å². The third-order valence-corrected chi connectivity index (χ3v) is 4.94. The van der Waals surface area contributed by atoms with Crippen LogP contribution in [0.3, 0.4) is 0 Å². The van der Waals surface area contributed by atoms with Crippen LogP contribution in [0.1, 0.15) is 38.0 Å². The summed E-state index contributed by atoms with van der Waals surface area (Å²) in [6, 6.07) is 6.51. The summed E-state index contributed by atoms with van der Waals surface area (Å²) >= 11 is 1.87. The average molecular weight is 266 g/mol. The molecule has 1 saturated carbocycles. The van der Waals surface area contributed by atoms with E-state index in [9.17, 15) is 0 Å². The number of hydrogen-bond acceptors (Lipinski definition) is 3. The third-order valence-electron chi connectivity index (χ3n) is 4.04. The second kappa shape index (κ2) is 6.69. The minimum atomic E-state index is 0.625. The maximum absolute atomic E-state index is 3.60. The topological polar surface area (TPSA) is 15.3 Å². The van der Waals surface area contributed by atoms with E-state index in [2.05, 4.69) is 48.6 Å². The summed E-state index contributed by atoms with van der Waals surface area (Å²) in [4.78, 5) is 4.02. The molecule has 2 nitrogen and oxygen atoms in total. The molecule has 3 heteroatoms. The van der Waals surface area contributed by atoms with Gasteiger partial charge >= 0.3 is 0 Å². The molecule has 18 heavy (non-hydrogen) atoms. The molecule has 1 heterocycles. The fourth-order valence-electron chi connectivity index (χ4n) is 2.29. The lowest BCUT2D eigenvalue weighted by Crippen LogP contribution is -2.39. The third kappa shape index (κ3) is 4.38. The van der Waals surface area contributed by atoms with Gasteiger partial charge in [0.2, 0.25) is 0 Å². The van der Waals surface area contributed by atoms with Gasteiger partial charge in [-0.25, -0.2) is 0 Å². The molecule has 0 aromatic carbocycles. The van der Waals surface area contributed by atoms with Crippen molar-refractivity contribution in [1.29, 1.82) is 0 Å². The zero-order chi connectivity index (χ0) is 13.0. The first kappa shape index (κ1) is 14.0. The molecule has 1 aromatic heterocycles. The van der Waals surface area contributed by atoms with Crippen molar-refractivity contribution in [3.05, 3.63) is 22.4 Å². The maximum Gasteiger partial charge on any atom is 0.0115 e. The standard InChI is InChI=1S/C15H26N2S/c1-12(8-9-16-14-6-7-14)17(3)13(2)11-15-5-4-10-18-15/h4-5,10,12-14,16H,6-9,11H2,1-3H3. The molecule has 0 radical (unpaired) electrons. The van der Waals surface area contributed by atoms with Crippen LogP contribution in [0.2, 0.25) is 0 Å². The molecule has 2 atom stereocenters. The number of rotatable bonds is 8. The molecule has 2 unspecified atom stereocenters. The highest BCUT2D eigenvalue weighted by Crippen LogP contribution is 2.19. The lowest BCUT2D eigenvalue weighted by molar-refractivity contribution is 0.186. The van der Waals surface area contributed by atoms with Crippen LogP contribution in [0.4, 0.5) is 0 Å². The van der Waals surface area contributed by atoms with E-state index in [1.54, 1.807) is 0 Å². The summed E-state index contributed by atoms with van der Waals surface area (Å²) in [5, 5.41) is 5.77. The first-order chi connectivity index (χ1) is 8.66. The summed E-state index contributed by atoms with van der Waals surface area (Å²) in [5.74, 6) is 0. The average Bonchev–Trinajstić information content (AvgIpc) is 3.04. The normalized spacial score (nSPS) is 19.1. The van der Waals surface area contributed by atoms with Gasteiger partial charge in [-0.1, -0.05) is 6.07 Å². The molecule has 0 bridgehead atoms. The first-order valence-corrected chi connectivity index (χ1v) is 8.02. The Kier molecular flexibility index (Phi) is 5.22. The van der Waals surface area contributed by atoms with Crippen LogP contribution in [-0.2, 0) is 6.42 Å². The zero-order valence-corrected chi connectivity index (χ0v) is 12.7. The van der Waals surface area contributed by atoms with Crippen LogP contribution in [0.5, 0.6) is 0 Å². The highest BCUT2D eigenvalue weighted by Gasteiger charge is 2.21. The van der Waals surface area contributed by atoms with Crippen molar-refractivity contribution >= 4 is 11.3 Å². The lowest BCUT2D eigenvalue weighted by Gasteiger charge is -2.30. The lowest BCUT2D eigenvalue weighted by atomic mass is 10.1. The van der Waals surface area contributed by atoms with Gasteiger partial charge in [0, 0.05) is 23.0 Å². The Labute approximate surface area is 115 Å². The summed E-state index contributed by atoms with van der Waals surface area (Å²) in [7, 11) is 2.26. The quantitative estimate of drug-likeness (QED) is 0.777. The highest BCUT2D eigenvalue weighted by atomic mass is 32.1. The minimum absolute atomic E-state index is 0.625. The van der Waals surface area contributed by atoms with Gasteiger partial charge in [-0.3, -0.25) is 0 Å². The van der Waals surface area contributed by atoms with E-state index in [-0.39, 0.29) is 0 Å². The summed E-state index contributed by atoms with van der Waals surface area (Å²) < 4.78 is 0. The molecule has 1 N–H and O–H groups in total. The Morgan fingerprint density at radius 3 is 2.78 bits per heavy atom. The molecular weight excluding hydrogens is 240 g/mol. The Morgan fingerprint density at radius 1 is 1.39 bits per heavy atom. The van der Waals surface area contributed by atoms with Crippen LogP contribution < -0.4 is 5.32 Å². The summed E-state index contributed by atoms with van der Waals surface area (Å²) in [6.45, 7) is 5.85. The van der Waals surface area contributed by atoms with Crippen LogP contribution in [0, 0.1) is 0 Å². The van der Waals surface area contributed by atoms with Crippen molar-refractivity contribution in [2.45, 2.75) is 57.7 Å². The van der Waals surface area contributed by atoms with Crippen molar-refractivity contribution < 1.29 is 0 Å². The molecule has 1 aromatic rings. The minimum Gasteiger partial charge on any atom is -0.314 e. The summed E-state index contributed by atoms with van der Waals surface area (Å²) in [5.41, 5.74) is 0. The molecular formula is C15H26N2S. The number of thiophene rings is 1. The fraction of sp³-hybridized carbons (Fsp3) is 0.733. The number of hydrogen-bond donors (Lipinski definition) is 1.